The number of nitrogens with zero attached hydrogens (tertiary/aromatic N) is 1. The first-order chi connectivity index (χ1) is 13.9. The molecule has 2 rings (SSSR count). The lowest BCUT2D eigenvalue weighted by atomic mass is 10.1. The molecule has 0 aliphatic heterocycles. The van der Waals surface area contributed by atoms with Gasteiger partial charge in [-0.05, 0) is 59.0 Å². The number of nitrogens with one attached hydrogen (secondary N) is 1. The largest absolute Gasteiger partial charge is 0.483 e. The quantitative estimate of drug-likeness (QED) is 0.608. The summed E-state index contributed by atoms with van der Waals surface area (Å²) in [6, 6.07) is 13.2. The zero-order chi connectivity index (χ0) is 21.4. The molecule has 0 fully saturated rings. The monoisotopic (exact) mass is 460 g/mol. The van der Waals surface area contributed by atoms with E-state index in [0.29, 0.717) is 18.7 Å². The summed E-state index contributed by atoms with van der Waals surface area (Å²) in [6.45, 7) is 6.21. The van der Waals surface area contributed by atoms with Gasteiger partial charge in [-0.15, -0.1) is 0 Å². The molecule has 1 N–H and O–H groups in total. The van der Waals surface area contributed by atoms with Crippen molar-refractivity contribution in [3.63, 3.8) is 0 Å². The minimum atomic E-state index is -0.553. The van der Waals surface area contributed by atoms with E-state index >= 15 is 0 Å². The lowest BCUT2D eigenvalue weighted by Crippen LogP contribution is -2.49. The molecular weight excluding hydrogens is 432 g/mol. The minimum absolute atomic E-state index is 0.136. The van der Waals surface area contributed by atoms with Crippen molar-refractivity contribution in [3.05, 3.63) is 63.6 Å². The number of rotatable bonds is 9. The van der Waals surface area contributed by atoms with E-state index in [1.807, 2.05) is 56.3 Å². The Labute approximate surface area is 181 Å². The summed E-state index contributed by atoms with van der Waals surface area (Å²) in [5.74, 6) is 0.203. The third-order valence-corrected chi connectivity index (χ3v) is 5.44. The number of carbonyl (C=O) groups excluding carboxylic acids is 2. The predicted molar refractivity (Wildman–Crippen MR) is 119 cm³/mol. The molecule has 0 saturated carbocycles. The van der Waals surface area contributed by atoms with E-state index < -0.39 is 6.04 Å². The standard InChI is InChI=1S/C23H29BrN2O3/c1-5-17-10-11-21(19(24)13-17)29-15-22(27)26(20(6-2)23(28)25-4)14-18-9-7-8-16(3)12-18/h7-13,20H,5-6,14-15H2,1-4H3,(H,25,28)/t20-/m1/s1. The molecule has 0 unspecified atom stereocenters. The molecule has 0 aromatic heterocycles. The van der Waals surface area contributed by atoms with Gasteiger partial charge in [-0.25, -0.2) is 0 Å². The molecule has 5 nitrogen and oxygen atoms in total. The summed E-state index contributed by atoms with van der Waals surface area (Å²) >= 11 is 3.50. The summed E-state index contributed by atoms with van der Waals surface area (Å²) in [7, 11) is 1.59. The van der Waals surface area contributed by atoms with E-state index in [-0.39, 0.29) is 18.4 Å². The van der Waals surface area contributed by atoms with E-state index in [0.717, 1.165) is 22.0 Å². The predicted octanol–water partition coefficient (Wildman–Crippen LogP) is 4.25. The molecule has 6 heteroatoms. The van der Waals surface area contributed by atoms with Gasteiger partial charge in [0.1, 0.15) is 11.8 Å². The molecule has 1 atom stereocenters. The first-order valence-electron chi connectivity index (χ1n) is 9.87. The molecule has 29 heavy (non-hydrogen) atoms. The summed E-state index contributed by atoms with van der Waals surface area (Å²) in [5, 5.41) is 2.66. The third-order valence-electron chi connectivity index (χ3n) is 4.82. The number of carbonyl (C=O) groups is 2. The number of aryl methyl sites for hydroxylation is 2. The van der Waals surface area contributed by atoms with Gasteiger partial charge in [-0.2, -0.15) is 0 Å². The Balaban J connectivity index is 2.20. The average Bonchev–Trinajstić information content (AvgIpc) is 2.72. The molecule has 2 amide bonds. The lowest BCUT2D eigenvalue weighted by Gasteiger charge is -2.30. The Morgan fingerprint density at radius 2 is 1.90 bits per heavy atom. The van der Waals surface area contributed by atoms with Crippen molar-refractivity contribution in [2.75, 3.05) is 13.7 Å². The fourth-order valence-corrected chi connectivity index (χ4v) is 3.74. The van der Waals surface area contributed by atoms with Gasteiger partial charge in [0.05, 0.1) is 4.47 Å². The molecule has 0 saturated heterocycles. The zero-order valence-electron chi connectivity index (χ0n) is 17.5. The van der Waals surface area contributed by atoms with Crippen LogP contribution in [0.1, 0.15) is 37.0 Å². The summed E-state index contributed by atoms with van der Waals surface area (Å²) in [6.07, 6.45) is 1.44. The van der Waals surface area contributed by atoms with Gasteiger partial charge in [-0.1, -0.05) is 49.7 Å². The molecule has 2 aromatic rings. The SMILES string of the molecule is CCc1ccc(OCC(=O)N(Cc2cccc(C)c2)[C@H](CC)C(=O)NC)c(Br)c1. The molecule has 0 bridgehead atoms. The maximum atomic E-state index is 13.1. The average molecular weight is 461 g/mol. The number of amides is 2. The number of halogens is 1. The van der Waals surface area contributed by atoms with Gasteiger partial charge in [0.2, 0.25) is 5.91 Å². The first kappa shape index (κ1) is 22.9. The van der Waals surface area contributed by atoms with Crippen LogP contribution in [0, 0.1) is 6.92 Å². The second-order valence-electron chi connectivity index (χ2n) is 6.96. The molecule has 0 radical (unpaired) electrons. The normalized spacial score (nSPS) is 11.6. The third kappa shape index (κ3) is 6.32. The Morgan fingerprint density at radius 3 is 2.48 bits per heavy atom. The summed E-state index contributed by atoms with van der Waals surface area (Å²) in [4.78, 5) is 27.1. The number of hydrogen-bond acceptors (Lipinski definition) is 3. The van der Waals surface area contributed by atoms with Crippen molar-refractivity contribution < 1.29 is 14.3 Å². The van der Waals surface area contributed by atoms with Crippen LogP contribution in [0.5, 0.6) is 5.75 Å². The van der Waals surface area contributed by atoms with Gasteiger partial charge in [-0.3, -0.25) is 9.59 Å². The van der Waals surface area contributed by atoms with Crippen LogP contribution in [0.25, 0.3) is 0 Å². The molecule has 156 valence electrons. The van der Waals surface area contributed by atoms with E-state index in [2.05, 4.69) is 28.2 Å². The van der Waals surface area contributed by atoms with Gasteiger partial charge >= 0.3 is 0 Å². The van der Waals surface area contributed by atoms with Crippen molar-refractivity contribution in [2.45, 2.75) is 46.2 Å². The topological polar surface area (TPSA) is 58.6 Å². The Hall–Kier alpha value is -2.34. The van der Waals surface area contributed by atoms with Gasteiger partial charge in [0, 0.05) is 13.6 Å². The fourth-order valence-electron chi connectivity index (χ4n) is 3.20. The van der Waals surface area contributed by atoms with E-state index in [9.17, 15) is 9.59 Å². The van der Waals surface area contributed by atoms with Crippen LogP contribution in [0.3, 0.4) is 0 Å². The maximum absolute atomic E-state index is 13.1. The number of likely N-dealkylation sites (N-methyl/N-ethyl adjacent to an activating group) is 1. The van der Waals surface area contributed by atoms with Gasteiger partial charge in [0.15, 0.2) is 6.61 Å². The Kier molecular flexibility index (Phi) is 8.70. The highest BCUT2D eigenvalue weighted by Gasteiger charge is 2.28. The van der Waals surface area contributed by atoms with Crippen LogP contribution < -0.4 is 10.1 Å². The Bertz CT molecular complexity index is 854. The van der Waals surface area contributed by atoms with E-state index in [4.69, 9.17) is 4.74 Å². The molecule has 0 heterocycles. The molecule has 0 aliphatic carbocycles. The molecule has 0 aliphatic rings. The van der Waals surface area contributed by atoms with Crippen molar-refractivity contribution in [2.24, 2.45) is 0 Å². The zero-order valence-corrected chi connectivity index (χ0v) is 19.1. The van der Waals surface area contributed by atoms with Crippen molar-refractivity contribution >= 4 is 27.7 Å². The smallest absolute Gasteiger partial charge is 0.261 e. The molecule has 2 aromatic carbocycles. The number of benzene rings is 2. The molecule has 0 spiro atoms. The van der Waals surface area contributed by atoms with Crippen LogP contribution in [-0.2, 0) is 22.6 Å². The highest BCUT2D eigenvalue weighted by molar-refractivity contribution is 9.10. The lowest BCUT2D eigenvalue weighted by molar-refractivity contribution is -0.142. The second-order valence-corrected chi connectivity index (χ2v) is 7.81. The van der Waals surface area contributed by atoms with Crippen molar-refractivity contribution in [1.82, 2.24) is 10.2 Å². The number of ether oxygens (including phenoxy) is 1. The van der Waals surface area contributed by atoms with Crippen LogP contribution in [0.4, 0.5) is 0 Å². The maximum Gasteiger partial charge on any atom is 0.261 e. The van der Waals surface area contributed by atoms with E-state index in [1.165, 1.54) is 5.56 Å². The summed E-state index contributed by atoms with van der Waals surface area (Å²) < 4.78 is 6.59. The van der Waals surface area contributed by atoms with Crippen LogP contribution >= 0.6 is 15.9 Å². The van der Waals surface area contributed by atoms with Gasteiger partial charge in [0.25, 0.3) is 5.91 Å². The summed E-state index contributed by atoms with van der Waals surface area (Å²) in [5.41, 5.74) is 3.27. The van der Waals surface area contributed by atoms with Crippen LogP contribution in [-0.4, -0.2) is 36.4 Å². The first-order valence-corrected chi connectivity index (χ1v) is 10.7. The van der Waals surface area contributed by atoms with Crippen molar-refractivity contribution in [3.8, 4) is 5.75 Å². The second kappa shape index (κ2) is 11.0. The van der Waals surface area contributed by atoms with E-state index in [1.54, 1.807) is 11.9 Å². The van der Waals surface area contributed by atoms with Gasteiger partial charge < -0.3 is 15.0 Å². The highest BCUT2D eigenvalue weighted by atomic mass is 79.9. The Morgan fingerprint density at radius 1 is 1.14 bits per heavy atom. The van der Waals surface area contributed by atoms with Crippen molar-refractivity contribution in [1.29, 1.82) is 0 Å². The minimum Gasteiger partial charge on any atom is -0.483 e. The van der Waals surface area contributed by atoms with Crippen LogP contribution in [0.15, 0.2) is 46.9 Å². The number of hydrogen-bond donors (Lipinski definition) is 1. The fraction of sp³-hybridized carbons (Fsp3) is 0.391. The molecular formula is C23H29BrN2O3. The van der Waals surface area contributed by atoms with Crippen LogP contribution in [0.2, 0.25) is 0 Å². The highest BCUT2D eigenvalue weighted by Crippen LogP contribution is 2.26.